The molecule has 1 aliphatic rings. The molecule has 1 atom stereocenters. The first-order valence-corrected chi connectivity index (χ1v) is 3.88. The number of nitrogens with two attached hydrogens (primary N) is 1. The molecule has 0 bridgehead atoms. The largest absolute Gasteiger partial charge is 0.329 e. The second kappa shape index (κ2) is 3.88. The maximum Gasteiger partial charge on any atom is 0.0906 e. The van der Waals surface area contributed by atoms with E-state index in [1.54, 1.807) is 0 Å². The first-order chi connectivity index (χ1) is 4.88. The molecule has 0 aliphatic carbocycles. The van der Waals surface area contributed by atoms with Crippen LogP contribution in [0.3, 0.4) is 0 Å². The third kappa shape index (κ3) is 1.67. The van der Waals surface area contributed by atoms with Gasteiger partial charge in [-0.1, -0.05) is 0 Å². The highest BCUT2D eigenvalue weighted by Crippen LogP contribution is 2.15. The Labute approximate surface area is 61.2 Å². The van der Waals surface area contributed by atoms with Crippen LogP contribution in [0, 0.1) is 0 Å². The minimum atomic E-state index is -0.201. The Morgan fingerprint density at radius 2 is 2.40 bits per heavy atom. The lowest BCUT2D eigenvalue weighted by Crippen LogP contribution is -2.51. The molecule has 0 radical (unpaired) electrons. The lowest BCUT2D eigenvalue weighted by Gasteiger charge is -2.40. The summed E-state index contributed by atoms with van der Waals surface area (Å²) in [5.41, 5.74) is 5.46. The van der Waals surface area contributed by atoms with E-state index in [4.69, 9.17) is 5.73 Å². The van der Waals surface area contributed by atoms with E-state index >= 15 is 0 Å². The third-order valence-electron chi connectivity index (χ3n) is 2.12. The van der Waals surface area contributed by atoms with Gasteiger partial charge in [0.25, 0.3) is 0 Å². The molecule has 1 saturated heterocycles. The summed E-state index contributed by atoms with van der Waals surface area (Å²) in [6.07, 6.45) is 1.86. The summed E-state index contributed by atoms with van der Waals surface area (Å²) in [7, 11) is 0. The van der Waals surface area contributed by atoms with Crippen molar-refractivity contribution < 1.29 is 4.39 Å². The molecule has 0 aromatic carbocycles. The van der Waals surface area contributed by atoms with E-state index in [1.165, 1.54) is 6.42 Å². The zero-order valence-corrected chi connectivity index (χ0v) is 6.22. The van der Waals surface area contributed by atoms with E-state index < -0.39 is 0 Å². The fourth-order valence-corrected chi connectivity index (χ4v) is 1.32. The van der Waals surface area contributed by atoms with Crippen molar-refractivity contribution in [2.24, 2.45) is 5.73 Å². The second-order valence-electron chi connectivity index (χ2n) is 2.76. The molecule has 0 amide bonds. The SMILES string of the molecule is NCC1CCN1CCCF. The van der Waals surface area contributed by atoms with Crippen molar-refractivity contribution >= 4 is 0 Å². The minimum Gasteiger partial charge on any atom is -0.329 e. The Morgan fingerprint density at radius 1 is 1.60 bits per heavy atom. The number of alkyl halides is 1. The Balaban J connectivity index is 2.05. The molecular weight excluding hydrogens is 131 g/mol. The van der Waals surface area contributed by atoms with Gasteiger partial charge in [0.15, 0.2) is 0 Å². The molecule has 2 nitrogen and oxygen atoms in total. The molecular formula is C7H15FN2. The standard InChI is InChI=1S/C7H15FN2/c8-3-1-4-10-5-2-7(10)6-9/h7H,1-6,9H2. The van der Waals surface area contributed by atoms with Crippen LogP contribution in [0.1, 0.15) is 12.8 Å². The molecule has 2 N–H and O–H groups in total. The lowest BCUT2D eigenvalue weighted by atomic mass is 10.0. The summed E-state index contributed by atoms with van der Waals surface area (Å²) >= 11 is 0. The van der Waals surface area contributed by atoms with Crippen molar-refractivity contribution in [3.63, 3.8) is 0 Å². The molecule has 0 saturated carbocycles. The summed E-state index contributed by atoms with van der Waals surface area (Å²) in [5, 5.41) is 0. The number of nitrogens with zero attached hydrogens (tertiary/aromatic N) is 1. The van der Waals surface area contributed by atoms with E-state index in [2.05, 4.69) is 4.90 Å². The summed E-state index contributed by atoms with van der Waals surface area (Å²) in [6, 6.07) is 0.548. The van der Waals surface area contributed by atoms with Gasteiger partial charge in [0.05, 0.1) is 6.67 Å². The van der Waals surface area contributed by atoms with Crippen LogP contribution in [0.25, 0.3) is 0 Å². The number of likely N-dealkylation sites (tertiary alicyclic amines) is 1. The molecule has 1 unspecified atom stereocenters. The molecule has 10 heavy (non-hydrogen) atoms. The zero-order chi connectivity index (χ0) is 7.40. The topological polar surface area (TPSA) is 29.3 Å². The predicted molar refractivity (Wildman–Crippen MR) is 39.6 cm³/mol. The summed E-state index contributed by atoms with van der Waals surface area (Å²) in [6.45, 7) is 2.53. The molecule has 60 valence electrons. The molecule has 1 aliphatic heterocycles. The van der Waals surface area contributed by atoms with Crippen molar-refractivity contribution in [2.75, 3.05) is 26.3 Å². The molecule has 0 aromatic heterocycles. The van der Waals surface area contributed by atoms with Crippen LogP contribution in [0.5, 0.6) is 0 Å². The third-order valence-corrected chi connectivity index (χ3v) is 2.12. The van der Waals surface area contributed by atoms with Crippen molar-refractivity contribution in [1.82, 2.24) is 4.90 Å². The maximum absolute atomic E-state index is 11.7. The highest BCUT2D eigenvalue weighted by Gasteiger charge is 2.25. The van der Waals surface area contributed by atoms with Gasteiger partial charge in [-0.15, -0.1) is 0 Å². The van der Waals surface area contributed by atoms with Gasteiger partial charge in [0, 0.05) is 25.7 Å². The summed E-state index contributed by atoms with van der Waals surface area (Å²) in [4.78, 5) is 2.25. The van der Waals surface area contributed by atoms with E-state index in [9.17, 15) is 4.39 Å². The van der Waals surface area contributed by atoms with Crippen LogP contribution in [-0.4, -0.2) is 37.3 Å². The van der Waals surface area contributed by atoms with Crippen molar-refractivity contribution in [2.45, 2.75) is 18.9 Å². The monoisotopic (exact) mass is 146 g/mol. The Hall–Kier alpha value is -0.150. The van der Waals surface area contributed by atoms with E-state index in [0.717, 1.165) is 19.6 Å². The first kappa shape index (κ1) is 7.95. The van der Waals surface area contributed by atoms with Crippen molar-refractivity contribution in [1.29, 1.82) is 0 Å². The van der Waals surface area contributed by atoms with Crippen molar-refractivity contribution in [3.8, 4) is 0 Å². The van der Waals surface area contributed by atoms with Gasteiger partial charge in [-0.05, 0) is 12.8 Å². The van der Waals surface area contributed by atoms with Crippen LogP contribution in [-0.2, 0) is 0 Å². The van der Waals surface area contributed by atoms with Gasteiger partial charge >= 0.3 is 0 Å². The van der Waals surface area contributed by atoms with Crippen LogP contribution >= 0.6 is 0 Å². The molecule has 1 rings (SSSR count). The molecule has 3 heteroatoms. The Bertz CT molecular complexity index is 95.6. The van der Waals surface area contributed by atoms with Crippen LogP contribution < -0.4 is 5.73 Å². The van der Waals surface area contributed by atoms with E-state index in [1.807, 2.05) is 0 Å². The minimum absolute atomic E-state index is 0.201. The molecule has 0 spiro atoms. The van der Waals surface area contributed by atoms with Gasteiger partial charge in [0.2, 0.25) is 0 Å². The van der Waals surface area contributed by atoms with Gasteiger partial charge in [-0.3, -0.25) is 9.29 Å². The van der Waals surface area contributed by atoms with Crippen LogP contribution in [0.4, 0.5) is 4.39 Å². The smallest absolute Gasteiger partial charge is 0.0906 e. The number of hydrogen-bond acceptors (Lipinski definition) is 2. The van der Waals surface area contributed by atoms with Crippen LogP contribution in [0.15, 0.2) is 0 Å². The second-order valence-corrected chi connectivity index (χ2v) is 2.76. The number of rotatable bonds is 4. The molecule has 1 fully saturated rings. The lowest BCUT2D eigenvalue weighted by molar-refractivity contribution is 0.0929. The average molecular weight is 146 g/mol. The zero-order valence-electron chi connectivity index (χ0n) is 6.22. The molecule has 0 aromatic rings. The number of halogens is 1. The van der Waals surface area contributed by atoms with E-state index in [0.29, 0.717) is 12.5 Å². The molecule has 1 heterocycles. The fraction of sp³-hybridized carbons (Fsp3) is 1.00. The Kier molecular flexibility index (Phi) is 3.09. The Morgan fingerprint density at radius 3 is 2.80 bits per heavy atom. The summed E-state index contributed by atoms with van der Waals surface area (Å²) in [5.74, 6) is 0. The van der Waals surface area contributed by atoms with Crippen molar-refractivity contribution in [3.05, 3.63) is 0 Å². The fourth-order valence-electron chi connectivity index (χ4n) is 1.32. The normalized spacial score (nSPS) is 26.4. The van der Waals surface area contributed by atoms with Crippen LogP contribution in [0.2, 0.25) is 0 Å². The van der Waals surface area contributed by atoms with E-state index in [-0.39, 0.29) is 6.67 Å². The number of hydrogen-bond donors (Lipinski definition) is 1. The average Bonchev–Trinajstić information content (AvgIpc) is 1.88. The van der Waals surface area contributed by atoms with Gasteiger partial charge in [-0.2, -0.15) is 0 Å². The summed E-state index contributed by atoms with van der Waals surface area (Å²) < 4.78 is 11.7. The highest BCUT2D eigenvalue weighted by atomic mass is 19.1. The maximum atomic E-state index is 11.7. The first-order valence-electron chi connectivity index (χ1n) is 3.88. The van der Waals surface area contributed by atoms with Gasteiger partial charge in [0.1, 0.15) is 0 Å². The van der Waals surface area contributed by atoms with Gasteiger partial charge in [-0.25, -0.2) is 0 Å². The quantitative estimate of drug-likeness (QED) is 0.621. The predicted octanol–water partition coefficient (Wildman–Crippen LogP) is 0.379. The van der Waals surface area contributed by atoms with Gasteiger partial charge < -0.3 is 5.73 Å². The highest BCUT2D eigenvalue weighted by molar-refractivity contribution is 4.82.